The first-order valence-corrected chi connectivity index (χ1v) is 7.72. The van der Waals surface area contributed by atoms with Crippen molar-refractivity contribution < 1.29 is 14.1 Å². The summed E-state index contributed by atoms with van der Waals surface area (Å²) in [6.07, 6.45) is 0. The summed E-state index contributed by atoms with van der Waals surface area (Å²) in [7, 11) is 0. The van der Waals surface area contributed by atoms with Gasteiger partial charge in [-0.05, 0) is 38.5 Å². The van der Waals surface area contributed by atoms with Crippen LogP contribution in [0.4, 0.5) is 16.3 Å². The highest BCUT2D eigenvalue weighted by Crippen LogP contribution is 2.20. The molecule has 0 saturated carbocycles. The van der Waals surface area contributed by atoms with E-state index in [-0.39, 0.29) is 0 Å². The van der Waals surface area contributed by atoms with E-state index in [0.29, 0.717) is 17.3 Å². The fourth-order valence-electron chi connectivity index (χ4n) is 1.76. The van der Waals surface area contributed by atoms with Gasteiger partial charge in [0.25, 0.3) is 0 Å². The molecule has 0 fully saturated rings. The first-order chi connectivity index (χ1) is 10.8. The molecule has 0 saturated heterocycles. The van der Waals surface area contributed by atoms with Gasteiger partial charge in [-0.25, -0.2) is 4.79 Å². The van der Waals surface area contributed by atoms with E-state index in [1.165, 1.54) is 0 Å². The average molecular weight is 381 g/mol. The normalized spacial score (nSPS) is 11.7. The molecule has 0 bridgehead atoms. The maximum Gasteiger partial charge on any atom is 0.319 e. The Hall–Kier alpha value is -2.35. The van der Waals surface area contributed by atoms with Crippen LogP contribution in [0.25, 0.3) is 0 Å². The van der Waals surface area contributed by atoms with Gasteiger partial charge in [-0.2, -0.15) is 0 Å². The Morgan fingerprint density at radius 2 is 1.96 bits per heavy atom. The van der Waals surface area contributed by atoms with E-state index in [1.54, 1.807) is 32.0 Å². The minimum atomic E-state index is -0.735. The number of rotatable bonds is 4. The lowest BCUT2D eigenvalue weighted by Gasteiger charge is -2.14. The van der Waals surface area contributed by atoms with Crippen molar-refractivity contribution in [1.29, 1.82) is 0 Å². The van der Waals surface area contributed by atoms with E-state index < -0.39 is 18.0 Å². The van der Waals surface area contributed by atoms with Gasteiger partial charge in [-0.3, -0.25) is 4.79 Å². The predicted octanol–water partition coefficient (Wildman–Crippen LogP) is 3.20. The molecule has 23 heavy (non-hydrogen) atoms. The molecule has 3 N–H and O–H groups in total. The summed E-state index contributed by atoms with van der Waals surface area (Å²) in [4.78, 5) is 23.9. The number of halogens is 1. The number of hydrogen-bond acceptors (Lipinski definition) is 4. The van der Waals surface area contributed by atoms with Crippen LogP contribution in [-0.2, 0) is 4.79 Å². The minimum Gasteiger partial charge on any atom is -0.360 e. The summed E-state index contributed by atoms with van der Waals surface area (Å²) in [6, 6.07) is 5.83. The second kappa shape index (κ2) is 7.28. The summed E-state index contributed by atoms with van der Waals surface area (Å²) >= 11 is 3.40. The van der Waals surface area contributed by atoms with Gasteiger partial charge < -0.3 is 20.5 Å². The van der Waals surface area contributed by atoms with E-state index in [1.807, 2.05) is 13.0 Å². The first-order valence-electron chi connectivity index (χ1n) is 6.93. The Labute approximate surface area is 141 Å². The van der Waals surface area contributed by atoms with Crippen molar-refractivity contribution in [2.24, 2.45) is 0 Å². The Morgan fingerprint density at radius 1 is 1.22 bits per heavy atom. The molecular formula is C15H17BrN4O3. The van der Waals surface area contributed by atoms with Crippen LogP contribution in [0.2, 0.25) is 0 Å². The van der Waals surface area contributed by atoms with Crippen molar-refractivity contribution in [1.82, 2.24) is 10.5 Å². The highest BCUT2D eigenvalue weighted by atomic mass is 79.9. The minimum absolute atomic E-state index is 0.309. The number of hydrogen-bond donors (Lipinski definition) is 3. The van der Waals surface area contributed by atoms with E-state index in [9.17, 15) is 9.59 Å². The molecule has 0 aliphatic rings. The molecule has 7 nitrogen and oxygen atoms in total. The molecule has 1 aromatic heterocycles. The maximum atomic E-state index is 12.0. The molecule has 0 aliphatic heterocycles. The molecule has 0 radical (unpaired) electrons. The number of aryl methyl sites for hydroxylation is 2. The summed E-state index contributed by atoms with van der Waals surface area (Å²) in [5.74, 6) is 0.506. The Morgan fingerprint density at radius 3 is 2.57 bits per heavy atom. The van der Waals surface area contributed by atoms with Crippen molar-refractivity contribution in [3.05, 3.63) is 40.1 Å². The number of carbonyl (C=O) groups excluding carboxylic acids is 2. The predicted molar refractivity (Wildman–Crippen MR) is 90.4 cm³/mol. The van der Waals surface area contributed by atoms with Crippen molar-refractivity contribution in [2.75, 3.05) is 10.6 Å². The van der Waals surface area contributed by atoms with E-state index in [2.05, 4.69) is 37.0 Å². The Kier molecular flexibility index (Phi) is 5.38. The first kappa shape index (κ1) is 17.0. The number of nitrogens with one attached hydrogen (secondary N) is 3. The van der Waals surface area contributed by atoms with Crippen LogP contribution >= 0.6 is 15.9 Å². The van der Waals surface area contributed by atoms with E-state index in [4.69, 9.17) is 4.52 Å². The zero-order valence-electron chi connectivity index (χ0n) is 12.9. The number of nitrogens with zero attached hydrogens (tertiary/aromatic N) is 1. The van der Waals surface area contributed by atoms with Crippen molar-refractivity contribution >= 4 is 39.4 Å². The standard InChI is InChI=1S/C15H17BrN4O3/c1-8-4-5-11(7-12(8)16)18-15(22)17-10(3)14(21)19-13-6-9(2)23-20-13/h4-7,10H,1-3H3,(H2,17,18,22)(H,19,20,21)/t10-/m1/s1. The number of urea groups is 1. The van der Waals surface area contributed by atoms with Crippen LogP contribution in [0.15, 0.2) is 33.3 Å². The molecule has 1 aromatic carbocycles. The van der Waals surface area contributed by atoms with E-state index >= 15 is 0 Å². The topological polar surface area (TPSA) is 96.3 Å². The van der Waals surface area contributed by atoms with Crippen molar-refractivity contribution in [3.8, 4) is 0 Å². The molecule has 3 amide bonds. The fraction of sp³-hybridized carbons (Fsp3) is 0.267. The largest absolute Gasteiger partial charge is 0.360 e. The molecule has 8 heteroatoms. The third kappa shape index (κ3) is 4.82. The molecule has 122 valence electrons. The third-order valence-electron chi connectivity index (χ3n) is 3.05. The molecular weight excluding hydrogens is 364 g/mol. The zero-order valence-corrected chi connectivity index (χ0v) is 14.5. The lowest BCUT2D eigenvalue weighted by Crippen LogP contribution is -2.43. The summed E-state index contributed by atoms with van der Waals surface area (Å²) in [5.41, 5.74) is 1.69. The Bertz CT molecular complexity index is 729. The average Bonchev–Trinajstić information content (AvgIpc) is 2.88. The second-order valence-corrected chi connectivity index (χ2v) is 5.95. The van der Waals surface area contributed by atoms with Crippen LogP contribution in [-0.4, -0.2) is 23.1 Å². The lowest BCUT2D eigenvalue weighted by molar-refractivity contribution is -0.117. The quantitative estimate of drug-likeness (QED) is 0.758. The number of amides is 3. The fourth-order valence-corrected chi connectivity index (χ4v) is 2.14. The number of aromatic nitrogens is 1. The molecule has 1 heterocycles. The molecule has 2 rings (SSSR count). The number of anilines is 2. The molecule has 0 aliphatic carbocycles. The third-order valence-corrected chi connectivity index (χ3v) is 3.90. The molecule has 1 atom stereocenters. The zero-order chi connectivity index (χ0) is 17.0. The van der Waals surface area contributed by atoms with Crippen LogP contribution in [0, 0.1) is 13.8 Å². The highest BCUT2D eigenvalue weighted by molar-refractivity contribution is 9.10. The highest BCUT2D eigenvalue weighted by Gasteiger charge is 2.17. The lowest BCUT2D eigenvalue weighted by atomic mass is 10.2. The van der Waals surface area contributed by atoms with E-state index in [0.717, 1.165) is 10.0 Å². The second-order valence-electron chi connectivity index (χ2n) is 5.10. The summed E-state index contributed by atoms with van der Waals surface area (Å²) in [6.45, 7) is 5.25. The van der Waals surface area contributed by atoms with Gasteiger partial charge in [0.05, 0.1) is 0 Å². The molecule has 2 aromatic rings. The SMILES string of the molecule is Cc1cc(NC(=O)[C@@H](C)NC(=O)Nc2ccc(C)c(Br)c2)no1. The van der Waals surface area contributed by atoms with Gasteiger partial charge in [0, 0.05) is 16.2 Å². The molecule has 0 spiro atoms. The smallest absolute Gasteiger partial charge is 0.319 e. The van der Waals surface area contributed by atoms with Gasteiger partial charge in [-0.15, -0.1) is 0 Å². The van der Waals surface area contributed by atoms with Gasteiger partial charge in [0.1, 0.15) is 11.8 Å². The maximum absolute atomic E-state index is 12.0. The van der Waals surface area contributed by atoms with Crippen LogP contribution in [0.5, 0.6) is 0 Å². The van der Waals surface area contributed by atoms with Gasteiger partial charge >= 0.3 is 6.03 Å². The van der Waals surface area contributed by atoms with Crippen LogP contribution in [0.3, 0.4) is 0 Å². The van der Waals surface area contributed by atoms with Gasteiger partial charge in [-0.1, -0.05) is 27.2 Å². The van der Waals surface area contributed by atoms with Crippen LogP contribution in [0.1, 0.15) is 18.2 Å². The van der Waals surface area contributed by atoms with Crippen molar-refractivity contribution in [2.45, 2.75) is 26.8 Å². The monoisotopic (exact) mass is 380 g/mol. The molecule has 0 unspecified atom stereocenters. The summed E-state index contributed by atoms with van der Waals surface area (Å²) in [5, 5.41) is 11.4. The Balaban J connectivity index is 1.88. The van der Waals surface area contributed by atoms with Crippen molar-refractivity contribution in [3.63, 3.8) is 0 Å². The number of benzene rings is 1. The number of carbonyl (C=O) groups is 2. The van der Waals surface area contributed by atoms with Crippen LogP contribution < -0.4 is 16.0 Å². The summed E-state index contributed by atoms with van der Waals surface area (Å²) < 4.78 is 5.75. The van der Waals surface area contributed by atoms with Gasteiger partial charge in [0.15, 0.2) is 5.82 Å². The van der Waals surface area contributed by atoms with Gasteiger partial charge in [0.2, 0.25) is 5.91 Å².